The Kier molecular flexibility index (Phi) is 6.37. The van der Waals surface area contributed by atoms with Crippen LogP contribution in [0.15, 0.2) is 18.2 Å². The van der Waals surface area contributed by atoms with Crippen molar-refractivity contribution in [3.8, 4) is 0 Å². The molecule has 0 aromatic heterocycles. The molecule has 3 N–H and O–H groups in total. The Bertz CT molecular complexity index is 334. The molecule has 0 aliphatic carbocycles. The molecule has 0 heterocycles. The lowest BCUT2D eigenvalue weighted by Crippen LogP contribution is -2.33. The molecule has 0 aliphatic heterocycles. The predicted octanol–water partition coefficient (Wildman–Crippen LogP) is 4.02. The fourth-order valence-corrected chi connectivity index (χ4v) is 2.91. The van der Waals surface area contributed by atoms with E-state index in [4.69, 9.17) is 5.84 Å². The molecule has 2 heteroatoms. The van der Waals surface area contributed by atoms with E-state index in [1.165, 1.54) is 42.4 Å². The monoisotopic (exact) mass is 248 g/mol. The lowest BCUT2D eigenvalue weighted by molar-refractivity contribution is 0.319. The Morgan fingerprint density at radius 2 is 1.50 bits per heavy atom. The molecule has 1 atom stereocenters. The van der Waals surface area contributed by atoms with Gasteiger partial charge in [0.05, 0.1) is 0 Å². The van der Waals surface area contributed by atoms with Crippen LogP contribution in [0.25, 0.3) is 0 Å². The van der Waals surface area contributed by atoms with Gasteiger partial charge >= 0.3 is 0 Å². The molecule has 0 spiro atoms. The third kappa shape index (κ3) is 4.11. The lowest BCUT2D eigenvalue weighted by atomic mass is 9.85. The van der Waals surface area contributed by atoms with Crippen molar-refractivity contribution in [2.75, 3.05) is 0 Å². The van der Waals surface area contributed by atoms with Crippen LogP contribution in [-0.2, 0) is 0 Å². The Morgan fingerprint density at radius 3 is 1.89 bits per heavy atom. The van der Waals surface area contributed by atoms with Gasteiger partial charge in [-0.15, -0.1) is 0 Å². The maximum absolute atomic E-state index is 5.82. The molecule has 0 fully saturated rings. The van der Waals surface area contributed by atoms with Crippen LogP contribution >= 0.6 is 0 Å². The molecular formula is C16H28N2. The van der Waals surface area contributed by atoms with Crippen LogP contribution < -0.4 is 11.3 Å². The molecule has 2 nitrogen and oxygen atoms in total. The van der Waals surface area contributed by atoms with Gasteiger partial charge < -0.3 is 0 Å². The average Bonchev–Trinajstić information content (AvgIpc) is 2.29. The highest BCUT2D eigenvalue weighted by Gasteiger charge is 2.21. The molecule has 102 valence electrons. The molecular weight excluding hydrogens is 220 g/mol. The maximum atomic E-state index is 5.82. The van der Waals surface area contributed by atoms with E-state index in [0.717, 1.165) is 0 Å². The van der Waals surface area contributed by atoms with Gasteiger partial charge in [0.2, 0.25) is 0 Å². The zero-order valence-electron chi connectivity index (χ0n) is 12.3. The molecule has 1 aromatic carbocycles. The summed E-state index contributed by atoms with van der Waals surface area (Å²) >= 11 is 0. The van der Waals surface area contributed by atoms with Crippen molar-refractivity contribution < 1.29 is 0 Å². The molecule has 0 amide bonds. The van der Waals surface area contributed by atoms with E-state index in [2.05, 4.69) is 51.3 Å². The standard InChI is InChI=1S/C16H28N2/c1-5-7-14(8-6-2)16(18-17)15-10-12(3)9-13(4)11-15/h9-11,14,16,18H,5-8,17H2,1-4H3. The highest BCUT2D eigenvalue weighted by molar-refractivity contribution is 5.31. The number of hydrazine groups is 1. The first-order chi connectivity index (χ1) is 8.62. The molecule has 0 saturated carbocycles. The van der Waals surface area contributed by atoms with E-state index >= 15 is 0 Å². The minimum absolute atomic E-state index is 0.281. The summed E-state index contributed by atoms with van der Waals surface area (Å²) < 4.78 is 0. The van der Waals surface area contributed by atoms with E-state index in [1.54, 1.807) is 0 Å². The van der Waals surface area contributed by atoms with Crippen LogP contribution in [-0.4, -0.2) is 0 Å². The second kappa shape index (κ2) is 7.55. The van der Waals surface area contributed by atoms with Crippen molar-refractivity contribution in [3.05, 3.63) is 34.9 Å². The minimum Gasteiger partial charge on any atom is -0.271 e. The highest BCUT2D eigenvalue weighted by atomic mass is 15.2. The van der Waals surface area contributed by atoms with Crippen molar-refractivity contribution in [1.29, 1.82) is 0 Å². The average molecular weight is 248 g/mol. The second-order valence-corrected chi connectivity index (χ2v) is 5.40. The number of nitrogens with two attached hydrogens (primary N) is 1. The smallest absolute Gasteiger partial charge is 0.0488 e. The quantitative estimate of drug-likeness (QED) is 0.565. The summed E-state index contributed by atoms with van der Waals surface area (Å²) in [6, 6.07) is 7.01. The third-order valence-corrected chi connectivity index (χ3v) is 3.57. The largest absolute Gasteiger partial charge is 0.271 e. The van der Waals surface area contributed by atoms with Crippen molar-refractivity contribution in [2.24, 2.45) is 11.8 Å². The third-order valence-electron chi connectivity index (χ3n) is 3.57. The number of aryl methyl sites for hydroxylation is 2. The number of rotatable bonds is 7. The number of hydrogen-bond acceptors (Lipinski definition) is 2. The summed E-state index contributed by atoms with van der Waals surface area (Å²) in [5, 5.41) is 0. The van der Waals surface area contributed by atoms with Crippen LogP contribution in [0.2, 0.25) is 0 Å². The van der Waals surface area contributed by atoms with Crippen molar-refractivity contribution in [1.82, 2.24) is 5.43 Å². The van der Waals surface area contributed by atoms with Gasteiger partial charge in [-0.25, -0.2) is 0 Å². The first kappa shape index (κ1) is 15.2. The normalized spacial score (nSPS) is 13.0. The van der Waals surface area contributed by atoms with E-state index in [0.29, 0.717) is 5.92 Å². The second-order valence-electron chi connectivity index (χ2n) is 5.40. The van der Waals surface area contributed by atoms with Crippen LogP contribution in [0.3, 0.4) is 0 Å². The Hall–Kier alpha value is -0.860. The minimum atomic E-state index is 0.281. The molecule has 0 saturated heterocycles. The topological polar surface area (TPSA) is 38.0 Å². The summed E-state index contributed by atoms with van der Waals surface area (Å²) in [6.07, 6.45) is 4.90. The van der Waals surface area contributed by atoms with Gasteiger partial charge in [0.15, 0.2) is 0 Å². The molecule has 1 rings (SSSR count). The summed E-state index contributed by atoms with van der Waals surface area (Å²) in [5.74, 6) is 6.45. The fourth-order valence-electron chi connectivity index (χ4n) is 2.91. The molecule has 0 radical (unpaired) electrons. The molecule has 1 unspecified atom stereocenters. The summed E-state index contributed by atoms with van der Waals surface area (Å²) in [5.41, 5.74) is 7.01. The van der Waals surface area contributed by atoms with Gasteiger partial charge in [0, 0.05) is 6.04 Å². The maximum Gasteiger partial charge on any atom is 0.0488 e. The van der Waals surface area contributed by atoms with Gasteiger partial charge in [0.25, 0.3) is 0 Å². The van der Waals surface area contributed by atoms with Crippen molar-refractivity contribution in [2.45, 2.75) is 59.4 Å². The van der Waals surface area contributed by atoms with Crippen molar-refractivity contribution in [3.63, 3.8) is 0 Å². The first-order valence-corrected chi connectivity index (χ1v) is 7.16. The predicted molar refractivity (Wildman–Crippen MR) is 79.3 cm³/mol. The van der Waals surface area contributed by atoms with Gasteiger partial charge in [-0.1, -0.05) is 56.0 Å². The Balaban J connectivity index is 2.97. The molecule has 0 aliphatic rings. The number of benzene rings is 1. The summed E-state index contributed by atoms with van der Waals surface area (Å²) in [7, 11) is 0. The van der Waals surface area contributed by atoms with E-state index < -0.39 is 0 Å². The van der Waals surface area contributed by atoms with E-state index in [9.17, 15) is 0 Å². The molecule has 1 aromatic rings. The first-order valence-electron chi connectivity index (χ1n) is 7.16. The van der Waals surface area contributed by atoms with Crippen LogP contribution in [0.5, 0.6) is 0 Å². The van der Waals surface area contributed by atoms with Crippen LogP contribution in [0, 0.1) is 19.8 Å². The van der Waals surface area contributed by atoms with Crippen LogP contribution in [0.4, 0.5) is 0 Å². The molecule has 0 bridgehead atoms. The summed E-state index contributed by atoms with van der Waals surface area (Å²) in [6.45, 7) is 8.80. The SMILES string of the molecule is CCCC(CCC)C(NN)c1cc(C)cc(C)c1. The van der Waals surface area contributed by atoms with Crippen molar-refractivity contribution >= 4 is 0 Å². The molecule has 18 heavy (non-hydrogen) atoms. The van der Waals surface area contributed by atoms with Gasteiger partial charge in [-0.05, 0) is 38.2 Å². The number of nitrogens with one attached hydrogen (secondary N) is 1. The van der Waals surface area contributed by atoms with Gasteiger partial charge in [0.1, 0.15) is 0 Å². The van der Waals surface area contributed by atoms with E-state index in [-0.39, 0.29) is 6.04 Å². The zero-order chi connectivity index (χ0) is 13.5. The Labute approximate surface area is 112 Å². The van der Waals surface area contributed by atoms with Gasteiger partial charge in [-0.3, -0.25) is 11.3 Å². The van der Waals surface area contributed by atoms with Gasteiger partial charge in [-0.2, -0.15) is 0 Å². The fraction of sp³-hybridized carbons (Fsp3) is 0.625. The van der Waals surface area contributed by atoms with E-state index in [1.807, 2.05) is 0 Å². The highest BCUT2D eigenvalue weighted by Crippen LogP contribution is 2.30. The summed E-state index contributed by atoms with van der Waals surface area (Å²) in [4.78, 5) is 0. The lowest BCUT2D eigenvalue weighted by Gasteiger charge is -2.27. The van der Waals surface area contributed by atoms with Crippen LogP contribution in [0.1, 0.15) is 62.3 Å². The Morgan fingerprint density at radius 1 is 1.00 bits per heavy atom. The zero-order valence-corrected chi connectivity index (χ0v) is 12.3. The number of hydrogen-bond donors (Lipinski definition) is 2.